The van der Waals surface area contributed by atoms with Gasteiger partial charge in [0.05, 0.1) is 37.9 Å². The van der Waals surface area contributed by atoms with Gasteiger partial charge in [-0.15, -0.1) is 0 Å². The monoisotopic (exact) mass is 801 g/mol. The first-order chi connectivity index (χ1) is 26.8. The lowest BCUT2D eigenvalue weighted by atomic mass is 10.0. The molecule has 55 heavy (non-hydrogen) atoms. The summed E-state index contributed by atoms with van der Waals surface area (Å²) in [5.41, 5.74) is 5.36. The van der Waals surface area contributed by atoms with Crippen LogP contribution in [0.1, 0.15) is 219 Å². The highest BCUT2D eigenvalue weighted by Gasteiger charge is 2.27. The predicted octanol–water partition coefficient (Wildman–Crippen LogP) is 11.9. The first kappa shape index (κ1) is 53.9. The fourth-order valence-corrected chi connectivity index (χ4v) is 7.58. The number of phosphoric ester groups is 1. The smallest absolute Gasteiger partial charge is 0.393 e. The Morgan fingerprint density at radius 1 is 0.618 bits per heavy atom. The van der Waals surface area contributed by atoms with Crippen LogP contribution in [0.15, 0.2) is 24.3 Å². The van der Waals surface area contributed by atoms with Crippen molar-refractivity contribution in [2.45, 2.75) is 238 Å². The lowest BCUT2D eigenvalue weighted by Crippen LogP contribution is -2.46. The van der Waals surface area contributed by atoms with E-state index < -0.39 is 38.6 Å². The SMILES string of the molecule is CCCCCCCCCCCCC/C=C\CCCCCCCC(O)CC(=O)NC(COP(=O)(O)OCCN)C(O)/C=C/CCCCCCCCCCCCC. The highest BCUT2D eigenvalue weighted by Crippen LogP contribution is 2.43. The highest BCUT2D eigenvalue weighted by atomic mass is 31.2. The summed E-state index contributed by atoms with van der Waals surface area (Å²) in [4.78, 5) is 22.8. The van der Waals surface area contributed by atoms with Crippen LogP contribution < -0.4 is 11.1 Å². The average Bonchev–Trinajstić information content (AvgIpc) is 3.16. The Balaban J connectivity index is 4.23. The second-order valence-corrected chi connectivity index (χ2v) is 17.3. The molecule has 0 aliphatic carbocycles. The predicted molar refractivity (Wildman–Crippen MR) is 232 cm³/mol. The molecule has 0 heterocycles. The molecule has 0 aromatic carbocycles. The molecule has 4 atom stereocenters. The van der Waals surface area contributed by atoms with Gasteiger partial charge in [0.25, 0.3) is 0 Å². The van der Waals surface area contributed by atoms with Crippen molar-refractivity contribution in [2.24, 2.45) is 5.73 Å². The molecular weight excluding hydrogens is 711 g/mol. The van der Waals surface area contributed by atoms with E-state index >= 15 is 0 Å². The van der Waals surface area contributed by atoms with Crippen LogP contribution in [0.5, 0.6) is 0 Å². The van der Waals surface area contributed by atoms with Crippen LogP contribution in [0.2, 0.25) is 0 Å². The zero-order chi connectivity index (χ0) is 40.5. The van der Waals surface area contributed by atoms with Crippen LogP contribution >= 0.6 is 7.82 Å². The average molecular weight is 801 g/mol. The molecule has 0 spiro atoms. The number of amides is 1. The number of carbonyl (C=O) groups excluding carboxylic acids is 1. The summed E-state index contributed by atoms with van der Waals surface area (Å²) in [5.74, 6) is -0.450. The van der Waals surface area contributed by atoms with E-state index in [4.69, 9.17) is 14.8 Å². The number of allylic oxidation sites excluding steroid dienone is 3. The standard InChI is InChI=1S/C45H89N2O7P/c1-3-5-7-9-11-13-15-17-18-19-20-21-22-23-25-26-28-30-32-34-36-42(48)40-45(50)47-43(41-54-55(51,52)53-39-38-46)44(49)37-35-33-31-29-27-24-16-14-12-10-8-6-4-2/h22-23,35,37,42-44,48-49H,3-21,24-34,36,38-41,46H2,1-2H3,(H,47,50)(H,51,52)/b23-22-,37-35+. The third-order valence-electron chi connectivity index (χ3n) is 10.3. The van der Waals surface area contributed by atoms with Crippen LogP contribution in [-0.2, 0) is 18.4 Å². The zero-order valence-electron chi connectivity index (χ0n) is 35.8. The molecule has 0 saturated carbocycles. The van der Waals surface area contributed by atoms with E-state index in [1.54, 1.807) is 6.08 Å². The molecule has 0 aliphatic rings. The van der Waals surface area contributed by atoms with Gasteiger partial charge in [-0.1, -0.05) is 192 Å². The summed E-state index contributed by atoms with van der Waals surface area (Å²) >= 11 is 0. The van der Waals surface area contributed by atoms with E-state index in [1.807, 2.05) is 6.08 Å². The first-order valence-electron chi connectivity index (χ1n) is 23.0. The summed E-state index contributed by atoms with van der Waals surface area (Å²) < 4.78 is 22.1. The Morgan fingerprint density at radius 3 is 1.45 bits per heavy atom. The summed E-state index contributed by atoms with van der Waals surface area (Å²) in [6.07, 6.45) is 44.1. The minimum Gasteiger partial charge on any atom is -0.393 e. The fourth-order valence-electron chi connectivity index (χ4n) is 6.82. The molecule has 0 aliphatic heterocycles. The van der Waals surface area contributed by atoms with Gasteiger partial charge in [0.1, 0.15) is 0 Å². The molecule has 0 fully saturated rings. The molecule has 9 nitrogen and oxygen atoms in total. The lowest BCUT2D eigenvalue weighted by molar-refractivity contribution is -0.124. The van der Waals surface area contributed by atoms with Crippen molar-refractivity contribution in [1.29, 1.82) is 0 Å². The topological polar surface area (TPSA) is 151 Å². The molecule has 10 heteroatoms. The van der Waals surface area contributed by atoms with Crippen molar-refractivity contribution in [2.75, 3.05) is 19.8 Å². The first-order valence-corrected chi connectivity index (χ1v) is 24.5. The van der Waals surface area contributed by atoms with Gasteiger partial charge in [-0.05, 0) is 44.9 Å². The Bertz CT molecular complexity index is 935. The van der Waals surface area contributed by atoms with E-state index in [1.165, 1.54) is 141 Å². The lowest BCUT2D eigenvalue weighted by Gasteiger charge is -2.24. The number of aliphatic hydroxyl groups is 2. The Kier molecular flexibility index (Phi) is 40.3. The second-order valence-electron chi connectivity index (χ2n) is 15.8. The molecule has 1 amide bonds. The van der Waals surface area contributed by atoms with Crippen LogP contribution in [0.25, 0.3) is 0 Å². The third-order valence-corrected chi connectivity index (χ3v) is 11.3. The number of nitrogens with two attached hydrogens (primary N) is 1. The zero-order valence-corrected chi connectivity index (χ0v) is 36.7. The summed E-state index contributed by atoms with van der Waals surface area (Å²) in [5, 5.41) is 24.1. The molecule has 0 bridgehead atoms. The largest absolute Gasteiger partial charge is 0.472 e. The maximum atomic E-state index is 12.8. The second kappa shape index (κ2) is 41.1. The normalized spacial score (nSPS) is 14.8. The minimum atomic E-state index is -4.40. The molecule has 4 unspecified atom stereocenters. The molecule has 326 valence electrons. The van der Waals surface area contributed by atoms with Crippen LogP contribution in [0, 0.1) is 0 Å². The van der Waals surface area contributed by atoms with Crippen molar-refractivity contribution in [1.82, 2.24) is 5.32 Å². The van der Waals surface area contributed by atoms with Gasteiger partial charge in [-0.25, -0.2) is 4.57 Å². The van der Waals surface area contributed by atoms with Crippen molar-refractivity contribution in [3.8, 4) is 0 Å². The van der Waals surface area contributed by atoms with Gasteiger partial charge in [0, 0.05) is 6.54 Å². The Labute approximate surface area is 339 Å². The quantitative estimate of drug-likeness (QED) is 0.0232. The van der Waals surface area contributed by atoms with Gasteiger partial charge in [0.2, 0.25) is 5.91 Å². The molecule has 0 aromatic heterocycles. The highest BCUT2D eigenvalue weighted by molar-refractivity contribution is 7.47. The van der Waals surface area contributed by atoms with Crippen molar-refractivity contribution < 1.29 is 33.5 Å². The van der Waals surface area contributed by atoms with Crippen molar-refractivity contribution >= 4 is 13.7 Å². The number of hydrogen-bond donors (Lipinski definition) is 5. The minimum absolute atomic E-state index is 0.0489. The third kappa shape index (κ3) is 39.5. The molecular formula is C45H89N2O7P. The summed E-state index contributed by atoms with van der Waals surface area (Å²) in [6.45, 7) is 3.98. The van der Waals surface area contributed by atoms with Crippen LogP contribution in [-0.4, -0.2) is 59.0 Å². The molecule has 0 aromatic rings. The van der Waals surface area contributed by atoms with E-state index in [-0.39, 0.29) is 19.6 Å². The number of hydrogen-bond acceptors (Lipinski definition) is 7. The fraction of sp³-hybridized carbons (Fsp3) is 0.889. The van der Waals surface area contributed by atoms with Gasteiger partial charge in [0.15, 0.2) is 0 Å². The van der Waals surface area contributed by atoms with Gasteiger partial charge >= 0.3 is 7.82 Å². The molecule has 0 rings (SSSR count). The van der Waals surface area contributed by atoms with Crippen LogP contribution in [0.3, 0.4) is 0 Å². The summed E-state index contributed by atoms with van der Waals surface area (Å²) in [7, 11) is -4.40. The van der Waals surface area contributed by atoms with Crippen LogP contribution in [0.4, 0.5) is 0 Å². The number of phosphoric acid groups is 1. The van der Waals surface area contributed by atoms with E-state index in [2.05, 4.69) is 31.3 Å². The number of unbranched alkanes of at least 4 members (excludes halogenated alkanes) is 27. The molecule has 6 N–H and O–H groups in total. The van der Waals surface area contributed by atoms with Gasteiger partial charge in [-0.2, -0.15) is 0 Å². The van der Waals surface area contributed by atoms with E-state index in [0.29, 0.717) is 6.42 Å². The van der Waals surface area contributed by atoms with Gasteiger partial charge in [-0.3, -0.25) is 13.8 Å². The van der Waals surface area contributed by atoms with E-state index in [9.17, 15) is 24.5 Å². The van der Waals surface area contributed by atoms with Crippen molar-refractivity contribution in [3.05, 3.63) is 24.3 Å². The number of aliphatic hydroxyl groups excluding tert-OH is 2. The van der Waals surface area contributed by atoms with Gasteiger partial charge < -0.3 is 26.2 Å². The maximum Gasteiger partial charge on any atom is 0.472 e. The Hall–Kier alpha value is -1.06. The van der Waals surface area contributed by atoms with Crippen molar-refractivity contribution in [3.63, 3.8) is 0 Å². The maximum absolute atomic E-state index is 12.8. The number of rotatable bonds is 43. The molecule has 0 saturated heterocycles. The van der Waals surface area contributed by atoms with E-state index in [0.717, 1.165) is 51.4 Å². The Morgan fingerprint density at radius 2 is 1.02 bits per heavy atom. The summed E-state index contributed by atoms with van der Waals surface area (Å²) in [6, 6.07) is -0.982. The number of nitrogens with one attached hydrogen (secondary N) is 1. The molecule has 0 radical (unpaired) electrons. The number of carbonyl (C=O) groups is 1.